The predicted octanol–water partition coefficient (Wildman–Crippen LogP) is 2.31. The van der Waals surface area contributed by atoms with E-state index in [4.69, 9.17) is 16.3 Å². The molecule has 0 bridgehead atoms. The highest BCUT2D eigenvalue weighted by Crippen LogP contribution is 2.14. The molecule has 2 rings (SSSR count). The van der Waals surface area contributed by atoms with Crippen molar-refractivity contribution in [3.05, 3.63) is 53.6 Å². The van der Waals surface area contributed by atoms with Gasteiger partial charge < -0.3 is 10.1 Å². The molecule has 0 aliphatic rings. The van der Waals surface area contributed by atoms with Crippen LogP contribution in [0.1, 0.15) is 17.4 Å². The number of esters is 1. The van der Waals surface area contributed by atoms with E-state index in [1.807, 2.05) is 0 Å². The van der Waals surface area contributed by atoms with E-state index in [0.717, 1.165) is 0 Å². The van der Waals surface area contributed by atoms with Crippen molar-refractivity contribution in [3.63, 3.8) is 0 Å². The highest BCUT2D eigenvalue weighted by atomic mass is 35.5. The van der Waals surface area contributed by atoms with Gasteiger partial charge in [0.2, 0.25) is 0 Å². The second kappa shape index (κ2) is 6.81. The summed E-state index contributed by atoms with van der Waals surface area (Å²) in [5, 5.41) is 3.18. The third-order valence-electron chi connectivity index (χ3n) is 2.54. The van der Waals surface area contributed by atoms with Crippen molar-refractivity contribution >= 4 is 29.2 Å². The quantitative estimate of drug-likeness (QED) is 0.877. The summed E-state index contributed by atoms with van der Waals surface area (Å²) in [5.74, 6) is -1.16. The normalized spacial score (nSPS) is 11.5. The minimum atomic E-state index is -0.963. The van der Waals surface area contributed by atoms with Crippen LogP contribution in [0.4, 0.5) is 5.69 Å². The molecular weight excluding hydrogens is 294 g/mol. The van der Waals surface area contributed by atoms with Gasteiger partial charge in [-0.1, -0.05) is 11.6 Å². The summed E-state index contributed by atoms with van der Waals surface area (Å²) in [5.41, 5.74) is 0.607. The van der Waals surface area contributed by atoms with Crippen molar-refractivity contribution < 1.29 is 14.3 Å². The van der Waals surface area contributed by atoms with Crippen LogP contribution in [-0.2, 0) is 9.53 Å². The van der Waals surface area contributed by atoms with Gasteiger partial charge in [-0.3, -0.25) is 9.78 Å². The summed E-state index contributed by atoms with van der Waals surface area (Å²) in [7, 11) is 0. The number of ether oxygens (including phenoxy) is 1. The Morgan fingerprint density at radius 3 is 2.57 bits per heavy atom. The molecule has 0 aliphatic heterocycles. The van der Waals surface area contributed by atoms with Crippen LogP contribution < -0.4 is 5.32 Å². The summed E-state index contributed by atoms with van der Waals surface area (Å²) in [6.45, 7) is 1.47. The standard InChI is InChI=1S/C14H12ClN3O3/c1-9(21-14(20)12-8-16-6-7-17-12)13(19)18-11-4-2-10(15)3-5-11/h2-9H,1H3,(H,18,19)/t9-/m1/s1. The Bertz CT molecular complexity index is 632. The van der Waals surface area contributed by atoms with Crippen LogP contribution in [-0.4, -0.2) is 27.9 Å². The van der Waals surface area contributed by atoms with Crippen molar-refractivity contribution in [2.75, 3.05) is 5.32 Å². The van der Waals surface area contributed by atoms with Gasteiger partial charge in [0.15, 0.2) is 11.8 Å². The van der Waals surface area contributed by atoms with E-state index in [1.54, 1.807) is 24.3 Å². The third-order valence-corrected chi connectivity index (χ3v) is 2.79. The van der Waals surface area contributed by atoms with Crippen LogP contribution in [0.25, 0.3) is 0 Å². The molecule has 1 aromatic carbocycles. The molecular formula is C14H12ClN3O3. The molecule has 0 radical (unpaired) electrons. The lowest BCUT2D eigenvalue weighted by Gasteiger charge is -2.13. The first-order valence-electron chi connectivity index (χ1n) is 6.09. The van der Waals surface area contributed by atoms with Gasteiger partial charge in [-0.05, 0) is 31.2 Å². The maximum atomic E-state index is 11.9. The number of hydrogen-bond acceptors (Lipinski definition) is 5. The molecule has 6 nitrogen and oxygen atoms in total. The summed E-state index contributed by atoms with van der Waals surface area (Å²) < 4.78 is 5.01. The minimum Gasteiger partial charge on any atom is -0.448 e. The molecule has 0 fully saturated rings. The van der Waals surface area contributed by atoms with Crippen LogP contribution in [0, 0.1) is 0 Å². The number of benzene rings is 1. The number of hydrogen-bond donors (Lipinski definition) is 1. The molecule has 1 atom stereocenters. The Morgan fingerprint density at radius 1 is 1.24 bits per heavy atom. The number of carbonyl (C=O) groups is 2. The van der Waals surface area contributed by atoms with E-state index in [2.05, 4.69) is 15.3 Å². The minimum absolute atomic E-state index is 0.0450. The summed E-state index contributed by atoms with van der Waals surface area (Å²) in [4.78, 5) is 31.2. The molecule has 108 valence electrons. The molecule has 0 unspecified atom stereocenters. The van der Waals surface area contributed by atoms with Gasteiger partial charge in [-0.2, -0.15) is 0 Å². The van der Waals surface area contributed by atoms with Gasteiger partial charge in [-0.15, -0.1) is 0 Å². The lowest BCUT2D eigenvalue weighted by atomic mass is 10.3. The van der Waals surface area contributed by atoms with Crippen molar-refractivity contribution in [2.24, 2.45) is 0 Å². The number of nitrogens with one attached hydrogen (secondary N) is 1. The first-order chi connectivity index (χ1) is 10.1. The molecule has 1 amide bonds. The fraction of sp³-hybridized carbons (Fsp3) is 0.143. The number of amides is 1. The SMILES string of the molecule is C[C@@H](OC(=O)c1cnccn1)C(=O)Nc1ccc(Cl)cc1. The Morgan fingerprint density at radius 2 is 1.95 bits per heavy atom. The number of nitrogens with zero attached hydrogens (tertiary/aromatic N) is 2. The summed E-state index contributed by atoms with van der Waals surface area (Å²) in [6.07, 6.45) is 3.12. The lowest BCUT2D eigenvalue weighted by Crippen LogP contribution is -2.30. The van der Waals surface area contributed by atoms with E-state index >= 15 is 0 Å². The second-order valence-electron chi connectivity index (χ2n) is 4.13. The van der Waals surface area contributed by atoms with Crippen LogP contribution in [0.15, 0.2) is 42.9 Å². The van der Waals surface area contributed by atoms with Gasteiger partial charge in [0.05, 0.1) is 6.20 Å². The van der Waals surface area contributed by atoms with E-state index in [0.29, 0.717) is 10.7 Å². The molecule has 0 aliphatic carbocycles. The monoisotopic (exact) mass is 305 g/mol. The maximum Gasteiger partial charge on any atom is 0.359 e. The van der Waals surface area contributed by atoms with E-state index in [-0.39, 0.29) is 5.69 Å². The summed E-state index contributed by atoms with van der Waals surface area (Å²) >= 11 is 5.75. The number of rotatable bonds is 4. The molecule has 0 spiro atoms. The van der Waals surface area contributed by atoms with E-state index < -0.39 is 18.0 Å². The first kappa shape index (κ1) is 14.9. The highest BCUT2D eigenvalue weighted by Gasteiger charge is 2.19. The van der Waals surface area contributed by atoms with E-state index in [1.165, 1.54) is 25.5 Å². The Labute approximate surface area is 126 Å². The maximum absolute atomic E-state index is 11.9. The molecule has 1 heterocycles. The average Bonchev–Trinajstić information content (AvgIpc) is 2.50. The van der Waals surface area contributed by atoms with Gasteiger partial charge in [0.1, 0.15) is 0 Å². The van der Waals surface area contributed by atoms with Crippen LogP contribution in [0.5, 0.6) is 0 Å². The fourth-order valence-electron chi connectivity index (χ4n) is 1.46. The van der Waals surface area contributed by atoms with Gasteiger partial charge in [0, 0.05) is 23.1 Å². The zero-order valence-corrected chi connectivity index (χ0v) is 11.9. The number of anilines is 1. The summed E-state index contributed by atoms with van der Waals surface area (Å²) in [6, 6.07) is 6.59. The topological polar surface area (TPSA) is 81.2 Å². The number of halogens is 1. The molecule has 1 aromatic heterocycles. The third kappa shape index (κ3) is 4.25. The second-order valence-corrected chi connectivity index (χ2v) is 4.57. The van der Waals surface area contributed by atoms with Gasteiger partial charge in [0.25, 0.3) is 5.91 Å². The molecule has 1 N–H and O–H groups in total. The fourth-order valence-corrected chi connectivity index (χ4v) is 1.58. The zero-order chi connectivity index (χ0) is 15.2. The van der Waals surface area contributed by atoms with Crippen LogP contribution >= 0.6 is 11.6 Å². The molecule has 0 saturated heterocycles. The molecule has 0 saturated carbocycles. The van der Waals surface area contributed by atoms with Gasteiger partial charge in [-0.25, -0.2) is 9.78 Å². The molecule has 21 heavy (non-hydrogen) atoms. The number of aromatic nitrogens is 2. The van der Waals surface area contributed by atoms with Crippen molar-refractivity contribution in [1.29, 1.82) is 0 Å². The first-order valence-corrected chi connectivity index (χ1v) is 6.47. The van der Waals surface area contributed by atoms with Crippen molar-refractivity contribution in [2.45, 2.75) is 13.0 Å². The largest absolute Gasteiger partial charge is 0.448 e. The highest BCUT2D eigenvalue weighted by molar-refractivity contribution is 6.30. The van der Waals surface area contributed by atoms with Crippen molar-refractivity contribution in [3.8, 4) is 0 Å². The van der Waals surface area contributed by atoms with Gasteiger partial charge >= 0.3 is 5.97 Å². The average molecular weight is 306 g/mol. The van der Waals surface area contributed by atoms with Crippen molar-refractivity contribution in [1.82, 2.24) is 9.97 Å². The zero-order valence-electron chi connectivity index (χ0n) is 11.1. The Kier molecular flexibility index (Phi) is 4.84. The van der Waals surface area contributed by atoms with Crippen LogP contribution in [0.2, 0.25) is 5.02 Å². The number of carbonyl (C=O) groups excluding carboxylic acids is 2. The van der Waals surface area contributed by atoms with Crippen LogP contribution in [0.3, 0.4) is 0 Å². The molecule has 2 aromatic rings. The smallest absolute Gasteiger partial charge is 0.359 e. The predicted molar refractivity (Wildman–Crippen MR) is 77.0 cm³/mol. The Hall–Kier alpha value is -2.47. The molecule has 7 heteroatoms. The lowest BCUT2D eigenvalue weighted by molar-refractivity contribution is -0.123. The Balaban J connectivity index is 1.93. The van der Waals surface area contributed by atoms with E-state index in [9.17, 15) is 9.59 Å².